The number of benzene rings is 1. The Bertz CT molecular complexity index is 465. The van der Waals surface area contributed by atoms with Gasteiger partial charge in [-0.3, -0.25) is 4.79 Å². The molecule has 1 aromatic rings. The molecule has 3 heteroatoms. The highest BCUT2D eigenvalue weighted by atomic mass is 16.1. The largest absolute Gasteiger partial charge is 0.326 e. The first-order valence-corrected chi connectivity index (χ1v) is 6.03. The molecule has 0 bridgehead atoms. The van der Waals surface area contributed by atoms with Gasteiger partial charge in [0.15, 0.2) is 0 Å². The molecule has 1 atom stereocenters. The van der Waals surface area contributed by atoms with Crippen molar-refractivity contribution < 1.29 is 4.79 Å². The average molecular weight is 230 g/mol. The Morgan fingerprint density at radius 3 is 3.00 bits per heavy atom. The van der Waals surface area contributed by atoms with E-state index in [1.165, 1.54) is 17.5 Å². The van der Waals surface area contributed by atoms with Crippen LogP contribution >= 0.6 is 0 Å². The molecular formula is C14H18N2O. The molecule has 0 aliphatic heterocycles. The van der Waals surface area contributed by atoms with Crippen LogP contribution < -0.4 is 5.32 Å². The van der Waals surface area contributed by atoms with Crippen LogP contribution in [0, 0.1) is 5.41 Å². The second-order valence-corrected chi connectivity index (χ2v) is 4.86. The lowest BCUT2D eigenvalue weighted by atomic mass is 10.0. The lowest BCUT2D eigenvalue weighted by molar-refractivity contribution is -0.115. The number of nitrogens with one attached hydrogen (secondary N) is 2. The summed E-state index contributed by atoms with van der Waals surface area (Å²) in [6.45, 7) is 3.86. The second kappa shape index (κ2) is 4.70. The monoisotopic (exact) mass is 230 g/mol. The highest BCUT2D eigenvalue weighted by Gasteiger charge is 2.18. The normalized spacial score (nSPS) is 17.6. The average Bonchev–Trinajstić information content (AvgIpc) is 2.59. The van der Waals surface area contributed by atoms with Crippen molar-refractivity contribution in [3.05, 3.63) is 29.3 Å². The molecule has 0 saturated heterocycles. The molecule has 1 aliphatic rings. The smallest absolute Gasteiger partial charge is 0.230 e. The molecule has 0 spiro atoms. The summed E-state index contributed by atoms with van der Waals surface area (Å²) < 4.78 is 0. The van der Waals surface area contributed by atoms with E-state index in [0.29, 0.717) is 11.6 Å². The second-order valence-electron chi connectivity index (χ2n) is 4.86. The van der Waals surface area contributed by atoms with E-state index >= 15 is 0 Å². The van der Waals surface area contributed by atoms with Gasteiger partial charge in [0.1, 0.15) is 0 Å². The molecule has 90 valence electrons. The fourth-order valence-electron chi connectivity index (χ4n) is 2.33. The molecule has 2 rings (SSSR count). The van der Waals surface area contributed by atoms with Gasteiger partial charge in [0, 0.05) is 11.4 Å². The summed E-state index contributed by atoms with van der Waals surface area (Å²) in [7, 11) is 0. The van der Waals surface area contributed by atoms with E-state index in [-0.39, 0.29) is 12.3 Å². The fraction of sp³-hybridized carbons (Fsp3) is 0.429. The van der Waals surface area contributed by atoms with Gasteiger partial charge >= 0.3 is 0 Å². The number of carbonyl (C=O) groups excluding carboxylic acids is 1. The number of amides is 1. The molecule has 1 amide bonds. The third kappa shape index (κ3) is 2.73. The quantitative estimate of drug-likeness (QED) is 0.770. The molecule has 2 N–H and O–H groups in total. The third-order valence-corrected chi connectivity index (χ3v) is 3.23. The maximum atomic E-state index is 11.6. The van der Waals surface area contributed by atoms with Gasteiger partial charge in [-0.2, -0.15) is 0 Å². The molecule has 0 saturated carbocycles. The van der Waals surface area contributed by atoms with Crippen LogP contribution in [0.3, 0.4) is 0 Å². The van der Waals surface area contributed by atoms with Gasteiger partial charge in [0.05, 0.1) is 6.42 Å². The third-order valence-electron chi connectivity index (χ3n) is 3.23. The lowest BCUT2D eigenvalue weighted by Gasteiger charge is -2.09. The van der Waals surface area contributed by atoms with Gasteiger partial charge in [-0.15, -0.1) is 0 Å². The molecule has 17 heavy (non-hydrogen) atoms. The number of hydrogen-bond donors (Lipinski definition) is 2. The van der Waals surface area contributed by atoms with Crippen molar-refractivity contribution in [2.24, 2.45) is 0 Å². The summed E-state index contributed by atoms with van der Waals surface area (Å²) in [5.74, 6) is 0.481. The Balaban J connectivity index is 2.10. The van der Waals surface area contributed by atoms with Crippen molar-refractivity contribution in [2.75, 3.05) is 5.32 Å². The Hall–Kier alpha value is -1.64. The Kier molecular flexibility index (Phi) is 3.27. The van der Waals surface area contributed by atoms with E-state index < -0.39 is 0 Å². The van der Waals surface area contributed by atoms with Crippen molar-refractivity contribution in [3.63, 3.8) is 0 Å². The van der Waals surface area contributed by atoms with Crippen LogP contribution in [0.5, 0.6) is 0 Å². The van der Waals surface area contributed by atoms with Crippen molar-refractivity contribution in [1.29, 1.82) is 5.41 Å². The van der Waals surface area contributed by atoms with E-state index in [0.717, 1.165) is 12.1 Å². The lowest BCUT2D eigenvalue weighted by Crippen LogP contribution is -2.14. The summed E-state index contributed by atoms with van der Waals surface area (Å²) in [5.41, 5.74) is 3.99. The number of fused-ring (bicyclic) bond motifs is 1. The maximum Gasteiger partial charge on any atom is 0.230 e. The van der Waals surface area contributed by atoms with Crippen LogP contribution in [0.25, 0.3) is 0 Å². The molecule has 3 nitrogen and oxygen atoms in total. The molecule has 0 aromatic heterocycles. The van der Waals surface area contributed by atoms with Crippen LogP contribution in [0.4, 0.5) is 5.69 Å². The fourth-order valence-corrected chi connectivity index (χ4v) is 2.33. The van der Waals surface area contributed by atoms with Gasteiger partial charge in [0.2, 0.25) is 5.91 Å². The minimum absolute atomic E-state index is 0.108. The first-order valence-electron chi connectivity index (χ1n) is 6.03. The van der Waals surface area contributed by atoms with Crippen molar-refractivity contribution >= 4 is 17.3 Å². The minimum Gasteiger partial charge on any atom is -0.326 e. The van der Waals surface area contributed by atoms with E-state index in [1.807, 2.05) is 6.07 Å². The van der Waals surface area contributed by atoms with Crippen LogP contribution in [-0.2, 0) is 11.2 Å². The summed E-state index contributed by atoms with van der Waals surface area (Å²) in [6, 6.07) is 6.13. The number of rotatable bonds is 3. The molecule has 0 fully saturated rings. The standard InChI is InChI=1S/C14H18N2O/c1-9-3-4-11-5-6-12(8-13(9)11)16-14(17)7-10(2)15/h5-6,8-9,15H,3-4,7H2,1-2H3,(H,16,17). The van der Waals surface area contributed by atoms with Gasteiger partial charge in [0.25, 0.3) is 0 Å². The topological polar surface area (TPSA) is 53.0 Å². The molecular weight excluding hydrogens is 212 g/mol. The predicted molar refractivity (Wildman–Crippen MR) is 69.8 cm³/mol. The highest BCUT2D eigenvalue weighted by molar-refractivity contribution is 6.04. The van der Waals surface area contributed by atoms with Crippen LogP contribution in [-0.4, -0.2) is 11.6 Å². The zero-order chi connectivity index (χ0) is 12.4. The van der Waals surface area contributed by atoms with Gasteiger partial charge in [-0.25, -0.2) is 0 Å². The van der Waals surface area contributed by atoms with Crippen LogP contribution in [0.15, 0.2) is 18.2 Å². The zero-order valence-corrected chi connectivity index (χ0v) is 10.3. The summed E-state index contributed by atoms with van der Waals surface area (Å²) in [6.07, 6.45) is 2.52. The van der Waals surface area contributed by atoms with Crippen molar-refractivity contribution in [3.8, 4) is 0 Å². The van der Waals surface area contributed by atoms with Crippen molar-refractivity contribution in [1.82, 2.24) is 0 Å². The first kappa shape index (κ1) is 11.8. The van der Waals surface area contributed by atoms with E-state index in [4.69, 9.17) is 5.41 Å². The van der Waals surface area contributed by atoms with Crippen molar-refractivity contribution in [2.45, 2.75) is 39.0 Å². The number of aryl methyl sites for hydroxylation is 1. The first-order chi connectivity index (χ1) is 8.06. The highest BCUT2D eigenvalue weighted by Crippen LogP contribution is 2.34. The summed E-state index contributed by atoms with van der Waals surface area (Å²) in [4.78, 5) is 11.6. The van der Waals surface area contributed by atoms with Gasteiger partial charge in [-0.05, 0) is 48.9 Å². The van der Waals surface area contributed by atoms with E-state index in [2.05, 4.69) is 24.4 Å². The molecule has 1 aromatic carbocycles. The Labute approximate surface area is 102 Å². The Morgan fingerprint density at radius 2 is 2.29 bits per heavy atom. The predicted octanol–water partition coefficient (Wildman–Crippen LogP) is 3.10. The van der Waals surface area contributed by atoms with Gasteiger partial charge in [-0.1, -0.05) is 13.0 Å². The molecule has 1 unspecified atom stereocenters. The van der Waals surface area contributed by atoms with Gasteiger partial charge < -0.3 is 10.7 Å². The minimum atomic E-state index is -0.108. The number of anilines is 1. The maximum absolute atomic E-state index is 11.6. The summed E-state index contributed by atoms with van der Waals surface area (Å²) in [5, 5.41) is 10.1. The number of carbonyl (C=O) groups is 1. The molecule has 0 heterocycles. The Morgan fingerprint density at radius 1 is 1.53 bits per heavy atom. The van der Waals surface area contributed by atoms with Crippen LogP contribution in [0.2, 0.25) is 0 Å². The SMILES string of the molecule is CC(=N)CC(=O)Nc1ccc2c(c1)C(C)CC2. The summed E-state index contributed by atoms with van der Waals surface area (Å²) >= 11 is 0. The zero-order valence-electron chi connectivity index (χ0n) is 10.3. The van der Waals surface area contributed by atoms with E-state index in [9.17, 15) is 4.79 Å². The molecule has 0 radical (unpaired) electrons. The van der Waals surface area contributed by atoms with Crippen LogP contribution in [0.1, 0.15) is 43.7 Å². The van der Waals surface area contributed by atoms with E-state index in [1.54, 1.807) is 6.92 Å². The molecule has 1 aliphatic carbocycles. The number of hydrogen-bond acceptors (Lipinski definition) is 2.